The summed E-state index contributed by atoms with van der Waals surface area (Å²) in [5, 5.41) is 9.27. The van der Waals surface area contributed by atoms with Gasteiger partial charge in [0.15, 0.2) is 6.10 Å². The Balaban J connectivity index is 1.54. The zero-order valence-corrected chi connectivity index (χ0v) is 22.2. The number of aliphatic carboxylic acids is 1. The smallest absolute Gasteiger partial charge is 0.415 e. The predicted molar refractivity (Wildman–Crippen MR) is 144 cm³/mol. The Morgan fingerprint density at radius 2 is 1.59 bits per heavy atom. The molecular weight excluding hydrogens is 505 g/mol. The number of hydrogen-bond acceptors (Lipinski definition) is 6. The molecule has 0 saturated carbocycles. The van der Waals surface area contributed by atoms with Crippen LogP contribution in [-0.2, 0) is 27.3 Å². The average Bonchev–Trinajstić information content (AvgIpc) is 2.92. The van der Waals surface area contributed by atoms with Crippen molar-refractivity contribution >= 4 is 12.1 Å². The predicted octanol–water partition coefficient (Wildman–Crippen LogP) is 5.26. The molecular formula is C30H34FNO7. The van der Waals surface area contributed by atoms with E-state index in [4.69, 9.17) is 18.9 Å². The summed E-state index contributed by atoms with van der Waals surface area (Å²) in [7, 11) is 0. The summed E-state index contributed by atoms with van der Waals surface area (Å²) in [6.45, 7) is 5.19. The Bertz CT molecular complexity index is 1180. The van der Waals surface area contributed by atoms with Crippen molar-refractivity contribution < 1.29 is 38.0 Å². The molecule has 0 saturated heterocycles. The zero-order chi connectivity index (χ0) is 28.0. The molecule has 0 aliphatic heterocycles. The van der Waals surface area contributed by atoms with Crippen molar-refractivity contribution in [3.05, 3.63) is 95.3 Å². The fourth-order valence-electron chi connectivity index (χ4n) is 3.70. The third-order valence-corrected chi connectivity index (χ3v) is 5.85. The van der Waals surface area contributed by atoms with E-state index in [1.54, 1.807) is 55.5 Å². The van der Waals surface area contributed by atoms with Crippen LogP contribution in [0.15, 0.2) is 72.8 Å². The van der Waals surface area contributed by atoms with Gasteiger partial charge in [-0.2, -0.15) is 0 Å². The number of ether oxygens (including phenoxy) is 4. The first-order chi connectivity index (χ1) is 18.9. The molecule has 1 amide bonds. The summed E-state index contributed by atoms with van der Waals surface area (Å²) in [4.78, 5) is 25.8. The highest BCUT2D eigenvalue weighted by atomic mass is 19.1. The molecule has 1 atom stereocenters. The molecule has 3 aromatic rings. The van der Waals surface area contributed by atoms with Gasteiger partial charge in [0.2, 0.25) is 0 Å². The number of nitrogens with zero attached hydrogens (tertiary/aromatic N) is 1. The summed E-state index contributed by atoms with van der Waals surface area (Å²) >= 11 is 0. The van der Waals surface area contributed by atoms with E-state index in [9.17, 15) is 19.1 Å². The molecule has 1 N–H and O–H groups in total. The van der Waals surface area contributed by atoms with Crippen molar-refractivity contribution in [2.24, 2.45) is 0 Å². The molecule has 3 rings (SSSR count). The second-order valence-electron chi connectivity index (χ2n) is 8.78. The van der Waals surface area contributed by atoms with E-state index >= 15 is 0 Å². The van der Waals surface area contributed by atoms with Crippen molar-refractivity contribution in [2.45, 2.75) is 33.0 Å². The van der Waals surface area contributed by atoms with E-state index < -0.39 is 18.2 Å². The van der Waals surface area contributed by atoms with Crippen molar-refractivity contribution in [2.75, 3.05) is 32.9 Å². The maximum Gasteiger partial charge on any atom is 0.415 e. The highest BCUT2D eigenvalue weighted by molar-refractivity contribution is 5.72. The summed E-state index contributed by atoms with van der Waals surface area (Å²) in [6, 6.07) is 20.4. The lowest BCUT2D eigenvalue weighted by molar-refractivity contribution is -0.149. The Kier molecular flexibility index (Phi) is 11.7. The van der Waals surface area contributed by atoms with Crippen LogP contribution in [0.3, 0.4) is 0 Å². The summed E-state index contributed by atoms with van der Waals surface area (Å²) in [5.74, 6) is -0.255. The average molecular weight is 540 g/mol. The van der Waals surface area contributed by atoms with Crippen LogP contribution in [0.4, 0.5) is 9.18 Å². The van der Waals surface area contributed by atoms with E-state index in [0.717, 1.165) is 16.7 Å². The van der Waals surface area contributed by atoms with Gasteiger partial charge >= 0.3 is 12.1 Å². The number of hydrogen-bond donors (Lipinski definition) is 1. The lowest BCUT2D eigenvalue weighted by Crippen LogP contribution is -2.39. The van der Waals surface area contributed by atoms with Gasteiger partial charge in [0.1, 0.15) is 23.9 Å². The zero-order valence-electron chi connectivity index (χ0n) is 22.2. The molecule has 0 aliphatic carbocycles. The van der Waals surface area contributed by atoms with Crippen LogP contribution >= 0.6 is 0 Å². The first-order valence-electron chi connectivity index (χ1n) is 12.8. The highest BCUT2D eigenvalue weighted by Crippen LogP contribution is 2.18. The van der Waals surface area contributed by atoms with Gasteiger partial charge < -0.3 is 29.0 Å². The van der Waals surface area contributed by atoms with Crippen molar-refractivity contribution in [1.82, 2.24) is 4.90 Å². The molecule has 0 spiro atoms. The number of carboxylic acids is 1. The number of amides is 1. The minimum Gasteiger partial charge on any atom is -0.492 e. The standard InChI is InChI=1S/C30H34FNO7/c1-3-37-28(29(33)34)20-23-10-14-26(15-11-23)38-19-17-32(30(35)39-27-7-5-4-6-22(27)2)16-18-36-21-24-8-12-25(31)13-9-24/h4-15,28H,3,16-21H2,1-2H3,(H,33,34). The van der Waals surface area contributed by atoms with Gasteiger partial charge in [-0.25, -0.2) is 14.0 Å². The van der Waals surface area contributed by atoms with Gasteiger partial charge in [-0.3, -0.25) is 0 Å². The second-order valence-corrected chi connectivity index (χ2v) is 8.78. The van der Waals surface area contributed by atoms with Crippen LogP contribution in [-0.4, -0.2) is 61.1 Å². The number of carbonyl (C=O) groups is 2. The maximum absolute atomic E-state index is 13.1. The molecule has 0 heterocycles. The molecule has 0 radical (unpaired) electrons. The Morgan fingerprint density at radius 3 is 2.26 bits per heavy atom. The maximum atomic E-state index is 13.1. The number of benzene rings is 3. The van der Waals surface area contributed by atoms with E-state index in [1.807, 2.05) is 19.1 Å². The van der Waals surface area contributed by atoms with Gasteiger partial charge in [0.05, 0.1) is 19.8 Å². The van der Waals surface area contributed by atoms with Crippen LogP contribution in [0.5, 0.6) is 11.5 Å². The van der Waals surface area contributed by atoms with Crippen LogP contribution < -0.4 is 9.47 Å². The quantitative estimate of drug-likeness (QED) is 0.263. The first-order valence-corrected chi connectivity index (χ1v) is 12.8. The van der Waals surface area contributed by atoms with Gasteiger partial charge in [0, 0.05) is 19.6 Å². The lowest BCUT2D eigenvalue weighted by Gasteiger charge is -2.22. The molecule has 0 bridgehead atoms. The minimum absolute atomic E-state index is 0.205. The third-order valence-electron chi connectivity index (χ3n) is 5.85. The molecule has 8 nitrogen and oxygen atoms in total. The molecule has 9 heteroatoms. The van der Waals surface area contributed by atoms with Crippen LogP contribution in [0.25, 0.3) is 0 Å². The molecule has 0 aromatic heterocycles. The molecule has 3 aromatic carbocycles. The Hall–Kier alpha value is -3.95. The second kappa shape index (κ2) is 15.5. The molecule has 1 unspecified atom stereocenters. The van der Waals surface area contributed by atoms with Gasteiger partial charge in [-0.1, -0.05) is 42.5 Å². The molecule has 0 aliphatic rings. The van der Waals surface area contributed by atoms with Gasteiger partial charge in [0.25, 0.3) is 0 Å². The number of aryl methyl sites for hydroxylation is 1. The molecule has 0 fully saturated rings. The number of carbonyl (C=O) groups excluding carboxylic acids is 1. The SMILES string of the molecule is CCOC(Cc1ccc(OCCN(CCOCc2ccc(F)cc2)C(=O)Oc2ccccc2C)cc1)C(=O)O. The fraction of sp³-hybridized carbons (Fsp3) is 0.333. The van der Waals surface area contributed by atoms with Crippen LogP contribution in [0.2, 0.25) is 0 Å². The minimum atomic E-state index is -1.00. The number of carboxylic acid groups (broad SMARTS) is 1. The van der Waals surface area contributed by atoms with Crippen molar-refractivity contribution in [3.63, 3.8) is 0 Å². The largest absolute Gasteiger partial charge is 0.492 e. The summed E-state index contributed by atoms with van der Waals surface area (Å²) in [5.41, 5.74) is 2.47. The first kappa shape index (κ1) is 29.6. The highest BCUT2D eigenvalue weighted by Gasteiger charge is 2.19. The van der Waals surface area contributed by atoms with E-state index in [1.165, 1.54) is 17.0 Å². The lowest BCUT2D eigenvalue weighted by atomic mass is 10.1. The van der Waals surface area contributed by atoms with Crippen molar-refractivity contribution in [3.8, 4) is 11.5 Å². The van der Waals surface area contributed by atoms with Gasteiger partial charge in [-0.05, 0) is 60.9 Å². The van der Waals surface area contributed by atoms with E-state index in [0.29, 0.717) is 18.1 Å². The number of rotatable bonds is 15. The van der Waals surface area contributed by atoms with Crippen LogP contribution in [0.1, 0.15) is 23.6 Å². The summed E-state index contributed by atoms with van der Waals surface area (Å²) in [6.07, 6.45) is -1.18. The van der Waals surface area contributed by atoms with E-state index in [2.05, 4.69) is 0 Å². The molecule has 39 heavy (non-hydrogen) atoms. The monoisotopic (exact) mass is 539 g/mol. The number of para-hydroxylation sites is 1. The molecule has 208 valence electrons. The topological polar surface area (TPSA) is 94.5 Å². The van der Waals surface area contributed by atoms with Crippen LogP contribution in [0, 0.1) is 12.7 Å². The fourth-order valence-corrected chi connectivity index (χ4v) is 3.70. The normalized spacial score (nSPS) is 11.6. The summed E-state index contributed by atoms with van der Waals surface area (Å²) < 4.78 is 35.5. The Labute approximate surface area is 227 Å². The third kappa shape index (κ3) is 10.0. The van der Waals surface area contributed by atoms with Gasteiger partial charge in [-0.15, -0.1) is 0 Å². The number of halogens is 1. The Morgan fingerprint density at radius 1 is 0.923 bits per heavy atom. The van der Waals surface area contributed by atoms with E-state index in [-0.39, 0.29) is 45.1 Å². The van der Waals surface area contributed by atoms with Crippen molar-refractivity contribution in [1.29, 1.82) is 0 Å².